The van der Waals surface area contributed by atoms with Gasteiger partial charge in [-0.15, -0.1) is 0 Å². The molecule has 2 aliphatic carbocycles. The first-order valence-corrected chi connectivity index (χ1v) is 7.03. The number of ether oxygens (including phenoxy) is 1. The number of nitrogens with zero attached hydrogens (tertiary/aromatic N) is 1. The average molecular weight is 239 g/mol. The third kappa shape index (κ3) is 3.44. The Bertz CT molecular complexity index is 267. The van der Waals surface area contributed by atoms with Gasteiger partial charge in [-0.25, -0.2) is 0 Å². The van der Waals surface area contributed by atoms with Crippen LogP contribution in [0.25, 0.3) is 0 Å². The van der Waals surface area contributed by atoms with E-state index in [1.807, 2.05) is 6.92 Å². The van der Waals surface area contributed by atoms with Crippen LogP contribution in [0.15, 0.2) is 0 Å². The van der Waals surface area contributed by atoms with Crippen LogP contribution in [0, 0.1) is 17.8 Å². The fourth-order valence-electron chi connectivity index (χ4n) is 3.61. The molecule has 0 saturated heterocycles. The third-order valence-electron chi connectivity index (χ3n) is 4.43. The molecule has 0 spiro atoms. The van der Waals surface area contributed by atoms with Crippen LogP contribution in [0.3, 0.4) is 0 Å². The summed E-state index contributed by atoms with van der Waals surface area (Å²) < 4.78 is 4.95. The summed E-state index contributed by atoms with van der Waals surface area (Å²) in [6.45, 7) is 4.36. The number of carbonyl (C=O) groups excluding carboxylic acids is 1. The van der Waals surface area contributed by atoms with E-state index in [-0.39, 0.29) is 5.97 Å². The standard InChI is InChI=1S/C14H25NO2/c1-3-17-14(16)6-7-15(2)10-13-9-11-4-5-12(13)8-11/h11-13H,3-10H2,1-2H3. The van der Waals surface area contributed by atoms with Gasteiger partial charge in [0.2, 0.25) is 0 Å². The van der Waals surface area contributed by atoms with E-state index in [9.17, 15) is 4.79 Å². The molecule has 2 rings (SSSR count). The Morgan fingerprint density at radius 2 is 2.18 bits per heavy atom. The maximum absolute atomic E-state index is 11.3. The van der Waals surface area contributed by atoms with E-state index in [1.54, 1.807) is 0 Å². The molecule has 98 valence electrons. The summed E-state index contributed by atoms with van der Waals surface area (Å²) in [6, 6.07) is 0. The lowest BCUT2D eigenvalue weighted by molar-refractivity contribution is -0.143. The zero-order valence-electron chi connectivity index (χ0n) is 11.2. The predicted molar refractivity (Wildman–Crippen MR) is 67.7 cm³/mol. The second kappa shape index (κ2) is 5.85. The predicted octanol–water partition coefficient (Wildman–Crippen LogP) is 2.31. The maximum Gasteiger partial charge on any atom is 0.307 e. The largest absolute Gasteiger partial charge is 0.466 e. The minimum atomic E-state index is -0.0627. The van der Waals surface area contributed by atoms with E-state index in [0.717, 1.165) is 24.3 Å². The van der Waals surface area contributed by atoms with Crippen LogP contribution >= 0.6 is 0 Å². The van der Waals surface area contributed by atoms with Crippen LogP contribution in [-0.2, 0) is 9.53 Å². The van der Waals surface area contributed by atoms with Crippen LogP contribution in [0.4, 0.5) is 0 Å². The number of rotatable bonds is 6. The topological polar surface area (TPSA) is 29.5 Å². The van der Waals surface area contributed by atoms with E-state index in [2.05, 4.69) is 11.9 Å². The number of hydrogen-bond acceptors (Lipinski definition) is 3. The molecule has 2 saturated carbocycles. The molecule has 3 heteroatoms. The van der Waals surface area contributed by atoms with Gasteiger partial charge in [0.15, 0.2) is 0 Å². The molecule has 0 N–H and O–H groups in total. The summed E-state index contributed by atoms with van der Waals surface area (Å²) in [5.41, 5.74) is 0. The van der Waals surface area contributed by atoms with Crippen molar-refractivity contribution in [1.29, 1.82) is 0 Å². The Morgan fingerprint density at radius 1 is 1.35 bits per heavy atom. The molecule has 0 aromatic carbocycles. The van der Waals surface area contributed by atoms with Gasteiger partial charge in [-0.2, -0.15) is 0 Å². The second-order valence-corrected chi connectivity index (χ2v) is 5.75. The highest BCUT2D eigenvalue weighted by Gasteiger charge is 2.39. The maximum atomic E-state index is 11.3. The van der Waals surface area contributed by atoms with Crippen LogP contribution < -0.4 is 0 Å². The van der Waals surface area contributed by atoms with E-state index in [4.69, 9.17) is 4.74 Å². The van der Waals surface area contributed by atoms with Crippen molar-refractivity contribution in [3.8, 4) is 0 Å². The fourth-order valence-corrected chi connectivity index (χ4v) is 3.61. The van der Waals surface area contributed by atoms with Gasteiger partial charge in [0, 0.05) is 13.1 Å². The summed E-state index contributed by atoms with van der Waals surface area (Å²) in [5, 5.41) is 0. The van der Waals surface area contributed by atoms with Gasteiger partial charge >= 0.3 is 5.97 Å². The SMILES string of the molecule is CCOC(=O)CCN(C)CC1CC2CCC1C2. The van der Waals surface area contributed by atoms with Crippen molar-refractivity contribution in [3.05, 3.63) is 0 Å². The van der Waals surface area contributed by atoms with Gasteiger partial charge < -0.3 is 9.64 Å². The Balaban J connectivity index is 1.64. The Hall–Kier alpha value is -0.570. The Labute approximate surface area is 105 Å². The van der Waals surface area contributed by atoms with Crippen LogP contribution in [0.1, 0.15) is 39.0 Å². The van der Waals surface area contributed by atoms with Crippen molar-refractivity contribution in [2.24, 2.45) is 17.8 Å². The number of esters is 1. The minimum Gasteiger partial charge on any atom is -0.466 e. The molecule has 3 nitrogen and oxygen atoms in total. The summed E-state index contributed by atoms with van der Waals surface area (Å²) in [5.74, 6) is 2.82. The molecule has 3 unspecified atom stereocenters. The molecule has 0 aromatic heterocycles. The molecule has 0 aliphatic heterocycles. The molecule has 17 heavy (non-hydrogen) atoms. The van der Waals surface area contributed by atoms with Crippen LogP contribution in [-0.4, -0.2) is 37.6 Å². The van der Waals surface area contributed by atoms with E-state index in [0.29, 0.717) is 13.0 Å². The van der Waals surface area contributed by atoms with E-state index < -0.39 is 0 Å². The Kier molecular flexibility index (Phi) is 4.43. The monoisotopic (exact) mass is 239 g/mol. The first-order chi connectivity index (χ1) is 8.19. The highest BCUT2D eigenvalue weighted by atomic mass is 16.5. The molecule has 0 amide bonds. The first-order valence-electron chi connectivity index (χ1n) is 7.03. The van der Waals surface area contributed by atoms with E-state index in [1.165, 1.54) is 32.2 Å². The molecule has 0 radical (unpaired) electrons. The van der Waals surface area contributed by atoms with Crippen LogP contribution in [0.2, 0.25) is 0 Å². The molecule has 3 atom stereocenters. The summed E-state index contributed by atoms with van der Waals surface area (Å²) in [4.78, 5) is 13.6. The number of carbonyl (C=O) groups is 1. The smallest absolute Gasteiger partial charge is 0.307 e. The van der Waals surface area contributed by atoms with Crippen molar-refractivity contribution in [2.75, 3.05) is 26.7 Å². The minimum absolute atomic E-state index is 0.0627. The van der Waals surface area contributed by atoms with Gasteiger partial charge in [-0.3, -0.25) is 4.79 Å². The van der Waals surface area contributed by atoms with Gasteiger partial charge in [-0.05, 0) is 51.0 Å². The fraction of sp³-hybridized carbons (Fsp3) is 0.929. The van der Waals surface area contributed by atoms with Gasteiger partial charge in [0.05, 0.1) is 13.0 Å². The lowest BCUT2D eigenvalue weighted by Gasteiger charge is -2.26. The lowest BCUT2D eigenvalue weighted by Crippen LogP contribution is -2.30. The average Bonchev–Trinajstić information content (AvgIpc) is 2.88. The molecule has 2 aliphatic rings. The van der Waals surface area contributed by atoms with Gasteiger partial charge in [0.25, 0.3) is 0 Å². The summed E-state index contributed by atoms with van der Waals surface area (Å²) in [6.07, 6.45) is 6.34. The summed E-state index contributed by atoms with van der Waals surface area (Å²) in [7, 11) is 2.13. The highest BCUT2D eigenvalue weighted by molar-refractivity contribution is 5.69. The van der Waals surface area contributed by atoms with Crippen molar-refractivity contribution in [2.45, 2.75) is 39.0 Å². The molecular weight excluding hydrogens is 214 g/mol. The van der Waals surface area contributed by atoms with Gasteiger partial charge in [0.1, 0.15) is 0 Å². The normalized spacial score (nSPS) is 31.1. The first kappa shape index (κ1) is 12.9. The van der Waals surface area contributed by atoms with Crippen molar-refractivity contribution in [3.63, 3.8) is 0 Å². The van der Waals surface area contributed by atoms with Crippen molar-refractivity contribution < 1.29 is 9.53 Å². The number of fused-ring (bicyclic) bond motifs is 2. The second-order valence-electron chi connectivity index (χ2n) is 5.75. The molecule has 2 bridgehead atoms. The molecular formula is C14H25NO2. The zero-order valence-corrected chi connectivity index (χ0v) is 11.2. The summed E-state index contributed by atoms with van der Waals surface area (Å²) >= 11 is 0. The highest BCUT2D eigenvalue weighted by Crippen LogP contribution is 2.48. The van der Waals surface area contributed by atoms with Crippen LogP contribution in [0.5, 0.6) is 0 Å². The molecule has 2 fully saturated rings. The quantitative estimate of drug-likeness (QED) is 0.666. The van der Waals surface area contributed by atoms with Crippen molar-refractivity contribution >= 4 is 5.97 Å². The molecule has 0 aromatic rings. The lowest BCUT2D eigenvalue weighted by atomic mass is 9.88. The van der Waals surface area contributed by atoms with Gasteiger partial charge in [-0.1, -0.05) is 6.42 Å². The Morgan fingerprint density at radius 3 is 2.76 bits per heavy atom. The zero-order chi connectivity index (χ0) is 12.3. The van der Waals surface area contributed by atoms with E-state index >= 15 is 0 Å². The number of hydrogen-bond donors (Lipinski definition) is 0. The third-order valence-corrected chi connectivity index (χ3v) is 4.43. The van der Waals surface area contributed by atoms with Crippen molar-refractivity contribution in [1.82, 2.24) is 4.90 Å². The molecule has 0 heterocycles.